The van der Waals surface area contributed by atoms with E-state index in [-0.39, 0.29) is 11.1 Å². The number of rotatable bonds is 3. The monoisotopic (exact) mass is 263 g/mol. The van der Waals surface area contributed by atoms with E-state index in [0.717, 1.165) is 24.3 Å². The second-order valence-electron chi connectivity index (χ2n) is 4.02. The molecule has 0 aliphatic heterocycles. The lowest BCUT2D eigenvalue weighted by Crippen LogP contribution is -2.46. The van der Waals surface area contributed by atoms with Gasteiger partial charge in [0, 0.05) is 0 Å². The predicted octanol–water partition coefficient (Wildman–Crippen LogP) is 0.951. The molecule has 2 rings (SSSR count). The van der Waals surface area contributed by atoms with E-state index in [1.807, 2.05) is 0 Å². The molecule has 0 heterocycles. The van der Waals surface area contributed by atoms with Gasteiger partial charge in [-0.3, -0.25) is 0 Å². The van der Waals surface area contributed by atoms with Gasteiger partial charge in [-0.25, -0.2) is 8.78 Å². The Labute approximate surface area is 107 Å². The summed E-state index contributed by atoms with van der Waals surface area (Å²) in [5, 5.41) is 21.5. The van der Waals surface area contributed by atoms with Gasteiger partial charge in [0.25, 0.3) is 0 Å². The Morgan fingerprint density at radius 2 is 1.42 bits per heavy atom. The SMILES string of the molecule is O=C([O-])C(O)(c1cccc(F)c1)c1cccc(F)c1. The van der Waals surface area contributed by atoms with Crippen LogP contribution < -0.4 is 5.11 Å². The molecule has 0 spiro atoms. The summed E-state index contributed by atoms with van der Waals surface area (Å²) in [5.74, 6) is -3.29. The van der Waals surface area contributed by atoms with Crippen LogP contribution in [-0.2, 0) is 10.4 Å². The summed E-state index contributed by atoms with van der Waals surface area (Å²) in [7, 11) is 0. The fraction of sp³-hybridized carbons (Fsp3) is 0.0714. The maximum Gasteiger partial charge on any atom is 0.154 e. The molecule has 0 unspecified atom stereocenters. The number of aliphatic carboxylic acids is 1. The highest BCUT2D eigenvalue weighted by atomic mass is 19.1. The van der Waals surface area contributed by atoms with E-state index in [1.165, 1.54) is 24.3 Å². The Bertz CT molecular complexity index is 580. The lowest BCUT2D eigenvalue weighted by atomic mass is 9.86. The Morgan fingerprint density at radius 3 is 1.74 bits per heavy atom. The second kappa shape index (κ2) is 4.78. The fourth-order valence-electron chi connectivity index (χ4n) is 1.83. The van der Waals surface area contributed by atoms with Crippen molar-refractivity contribution in [3.8, 4) is 0 Å². The molecule has 2 aromatic rings. The van der Waals surface area contributed by atoms with Crippen molar-refractivity contribution in [2.75, 3.05) is 0 Å². The van der Waals surface area contributed by atoms with Crippen molar-refractivity contribution >= 4 is 5.97 Å². The number of halogens is 2. The summed E-state index contributed by atoms with van der Waals surface area (Å²) in [6, 6.07) is 8.88. The van der Waals surface area contributed by atoms with Gasteiger partial charge in [0.15, 0.2) is 5.60 Å². The largest absolute Gasteiger partial charge is 0.546 e. The number of carbonyl (C=O) groups is 1. The lowest BCUT2D eigenvalue weighted by Gasteiger charge is -2.30. The molecule has 2 aromatic carbocycles. The van der Waals surface area contributed by atoms with Crippen molar-refractivity contribution in [1.29, 1.82) is 0 Å². The van der Waals surface area contributed by atoms with E-state index in [1.54, 1.807) is 0 Å². The van der Waals surface area contributed by atoms with Crippen molar-refractivity contribution in [3.05, 3.63) is 71.3 Å². The molecule has 5 heteroatoms. The second-order valence-corrected chi connectivity index (χ2v) is 4.02. The molecule has 0 aliphatic rings. The zero-order chi connectivity index (χ0) is 14.0. The molecule has 1 N–H and O–H groups in total. The van der Waals surface area contributed by atoms with Gasteiger partial charge in [-0.1, -0.05) is 24.3 Å². The molecule has 19 heavy (non-hydrogen) atoms. The molecule has 0 saturated carbocycles. The lowest BCUT2D eigenvalue weighted by molar-refractivity contribution is -0.322. The fourth-order valence-corrected chi connectivity index (χ4v) is 1.83. The van der Waals surface area contributed by atoms with Crippen LogP contribution in [-0.4, -0.2) is 11.1 Å². The maximum absolute atomic E-state index is 13.2. The summed E-state index contributed by atoms with van der Waals surface area (Å²) in [6.07, 6.45) is 0. The minimum Gasteiger partial charge on any atom is -0.546 e. The van der Waals surface area contributed by atoms with Crippen molar-refractivity contribution in [2.24, 2.45) is 0 Å². The van der Waals surface area contributed by atoms with Gasteiger partial charge in [0.05, 0.1) is 5.97 Å². The number of hydrogen-bond acceptors (Lipinski definition) is 3. The minimum absolute atomic E-state index is 0.238. The summed E-state index contributed by atoms with van der Waals surface area (Å²) in [4.78, 5) is 11.2. The van der Waals surface area contributed by atoms with Crippen LogP contribution in [0, 0.1) is 11.6 Å². The molecule has 0 radical (unpaired) electrons. The summed E-state index contributed by atoms with van der Waals surface area (Å²) >= 11 is 0. The number of carbonyl (C=O) groups excluding carboxylic acids is 1. The van der Waals surface area contributed by atoms with Crippen LogP contribution in [0.3, 0.4) is 0 Å². The van der Waals surface area contributed by atoms with Crippen LogP contribution in [0.1, 0.15) is 11.1 Å². The van der Waals surface area contributed by atoms with Gasteiger partial charge in [0.2, 0.25) is 0 Å². The molecule has 0 aliphatic carbocycles. The van der Waals surface area contributed by atoms with Crippen LogP contribution in [0.2, 0.25) is 0 Å². The van der Waals surface area contributed by atoms with Gasteiger partial charge in [0.1, 0.15) is 11.6 Å². The van der Waals surface area contributed by atoms with E-state index in [9.17, 15) is 23.8 Å². The number of benzene rings is 2. The molecule has 98 valence electrons. The third-order valence-corrected chi connectivity index (χ3v) is 2.78. The Balaban J connectivity index is 2.65. The highest BCUT2D eigenvalue weighted by Crippen LogP contribution is 2.30. The van der Waals surface area contributed by atoms with Crippen molar-refractivity contribution in [1.82, 2.24) is 0 Å². The first-order chi connectivity index (χ1) is 8.94. The maximum atomic E-state index is 13.2. The first-order valence-corrected chi connectivity index (χ1v) is 5.40. The summed E-state index contributed by atoms with van der Waals surface area (Å²) in [5.41, 5.74) is -3.08. The highest BCUT2D eigenvalue weighted by Gasteiger charge is 2.34. The van der Waals surface area contributed by atoms with Crippen molar-refractivity contribution in [3.63, 3.8) is 0 Å². The zero-order valence-corrected chi connectivity index (χ0v) is 9.64. The van der Waals surface area contributed by atoms with E-state index >= 15 is 0 Å². The van der Waals surface area contributed by atoms with Gasteiger partial charge >= 0.3 is 0 Å². The van der Waals surface area contributed by atoms with Gasteiger partial charge in [-0.15, -0.1) is 0 Å². The average molecular weight is 263 g/mol. The number of carboxylic acids is 1. The van der Waals surface area contributed by atoms with Crippen LogP contribution in [0.15, 0.2) is 48.5 Å². The molecule has 0 amide bonds. The van der Waals surface area contributed by atoms with E-state index in [4.69, 9.17) is 0 Å². The molecule has 0 saturated heterocycles. The van der Waals surface area contributed by atoms with Crippen LogP contribution in [0.4, 0.5) is 8.78 Å². The molecule has 3 nitrogen and oxygen atoms in total. The molecule has 0 fully saturated rings. The van der Waals surface area contributed by atoms with Gasteiger partial charge in [-0.2, -0.15) is 0 Å². The normalized spacial score (nSPS) is 11.3. The summed E-state index contributed by atoms with van der Waals surface area (Å²) < 4.78 is 26.3. The third-order valence-electron chi connectivity index (χ3n) is 2.78. The minimum atomic E-state index is -2.61. The summed E-state index contributed by atoms with van der Waals surface area (Å²) in [6.45, 7) is 0. The number of carboxylic acid groups (broad SMARTS) is 1. The van der Waals surface area contributed by atoms with E-state index in [0.29, 0.717) is 0 Å². The molecule has 0 aromatic heterocycles. The predicted molar refractivity (Wildman–Crippen MR) is 60.8 cm³/mol. The molecular formula is C14H9F2O3-. The van der Waals surface area contributed by atoms with Crippen LogP contribution >= 0.6 is 0 Å². The van der Waals surface area contributed by atoms with E-state index < -0.39 is 23.2 Å². The molecule has 0 bridgehead atoms. The quantitative estimate of drug-likeness (QED) is 0.897. The first-order valence-electron chi connectivity index (χ1n) is 5.40. The highest BCUT2D eigenvalue weighted by molar-refractivity contribution is 5.81. The van der Waals surface area contributed by atoms with Crippen LogP contribution in [0.5, 0.6) is 0 Å². The molecular weight excluding hydrogens is 254 g/mol. The number of hydrogen-bond donors (Lipinski definition) is 1. The Hall–Kier alpha value is -2.27. The van der Waals surface area contributed by atoms with Crippen molar-refractivity contribution in [2.45, 2.75) is 5.60 Å². The third kappa shape index (κ3) is 2.32. The zero-order valence-electron chi connectivity index (χ0n) is 9.64. The molecule has 0 atom stereocenters. The van der Waals surface area contributed by atoms with Gasteiger partial charge < -0.3 is 15.0 Å². The van der Waals surface area contributed by atoms with Gasteiger partial charge in [-0.05, 0) is 35.4 Å². The Kier molecular flexibility index (Phi) is 3.31. The standard InChI is InChI=1S/C14H10F2O3/c15-11-5-1-3-9(7-11)14(19,13(17)18)10-4-2-6-12(16)8-10/h1-8,19H,(H,17,18)/p-1. The first kappa shape index (κ1) is 13.2. The van der Waals surface area contributed by atoms with Crippen LogP contribution in [0.25, 0.3) is 0 Å². The Morgan fingerprint density at radius 1 is 1.00 bits per heavy atom. The smallest absolute Gasteiger partial charge is 0.154 e. The van der Waals surface area contributed by atoms with E-state index in [2.05, 4.69) is 0 Å². The van der Waals surface area contributed by atoms with Crippen molar-refractivity contribution < 1.29 is 23.8 Å². The topological polar surface area (TPSA) is 60.4 Å². The number of aliphatic hydroxyl groups is 1. The average Bonchev–Trinajstić information content (AvgIpc) is 2.37.